The summed E-state index contributed by atoms with van der Waals surface area (Å²) in [4.78, 5) is 12.1. The highest BCUT2D eigenvalue weighted by Crippen LogP contribution is 2.29. The van der Waals surface area contributed by atoms with Gasteiger partial charge < -0.3 is 24.7 Å². The number of aryl methyl sites for hydroxylation is 2. The predicted molar refractivity (Wildman–Crippen MR) is 94.9 cm³/mol. The smallest absolute Gasteiger partial charge is 0.319 e. The van der Waals surface area contributed by atoms with E-state index in [4.69, 9.17) is 9.47 Å². The number of urea groups is 1. The van der Waals surface area contributed by atoms with Gasteiger partial charge in [-0.15, -0.1) is 0 Å². The minimum absolute atomic E-state index is 0.0695. The van der Waals surface area contributed by atoms with Crippen molar-refractivity contribution in [1.82, 2.24) is 9.88 Å². The summed E-state index contributed by atoms with van der Waals surface area (Å²) in [6.45, 7) is 2.00. The second-order valence-corrected chi connectivity index (χ2v) is 5.72. The van der Waals surface area contributed by atoms with Gasteiger partial charge in [-0.25, -0.2) is 4.79 Å². The molecule has 0 aliphatic rings. The summed E-state index contributed by atoms with van der Waals surface area (Å²) >= 11 is 0. The van der Waals surface area contributed by atoms with Gasteiger partial charge in [0.2, 0.25) is 0 Å². The van der Waals surface area contributed by atoms with Gasteiger partial charge in [-0.05, 0) is 44.0 Å². The van der Waals surface area contributed by atoms with E-state index in [1.54, 1.807) is 32.4 Å². The maximum Gasteiger partial charge on any atom is 0.319 e. The Morgan fingerprint density at radius 2 is 1.96 bits per heavy atom. The first-order valence-corrected chi connectivity index (χ1v) is 7.93. The van der Waals surface area contributed by atoms with Crippen LogP contribution in [0.3, 0.4) is 0 Å². The fourth-order valence-electron chi connectivity index (χ4n) is 2.50. The molecule has 6 nitrogen and oxygen atoms in total. The van der Waals surface area contributed by atoms with Crippen LogP contribution in [0.1, 0.15) is 19.0 Å². The van der Waals surface area contributed by atoms with Crippen LogP contribution in [-0.2, 0) is 13.5 Å². The number of nitrogens with one attached hydrogen (secondary N) is 2. The van der Waals surface area contributed by atoms with E-state index in [0.29, 0.717) is 17.2 Å². The van der Waals surface area contributed by atoms with Crippen molar-refractivity contribution >= 4 is 11.7 Å². The molecule has 1 heterocycles. The first-order chi connectivity index (χ1) is 11.5. The Morgan fingerprint density at radius 3 is 2.58 bits per heavy atom. The summed E-state index contributed by atoms with van der Waals surface area (Å²) in [5.41, 5.74) is 1.91. The lowest BCUT2D eigenvalue weighted by molar-refractivity contribution is 0.248. The van der Waals surface area contributed by atoms with Crippen molar-refractivity contribution in [1.29, 1.82) is 0 Å². The molecule has 130 valence electrons. The summed E-state index contributed by atoms with van der Waals surface area (Å²) in [7, 11) is 5.16. The molecule has 0 aliphatic heterocycles. The number of rotatable bonds is 7. The van der Waals surface area contributed by atoms with Crippen molar-refractivity contribution in [2.75, 3.05) is 19.5 Å². The van der Waals surface area contributed by atoms with Gasteiger partial charge in [0.15, 0.2) is 11.5 Å². The van der Waals surface area contributed by atoms with Gasteiger partial charge in [-0.2, -0.15) is 0 Å². The van der Waals surface area contributed by atoms with Crippen molar-refractivity contribution < 1.29 is 14.3 Å². The normalized spacial score (nSPS) is 11.7. The summed E-state index contributed by atoms with van der Waals surface area (Å²) < 4.78 is 12.5. The molecule has 2 rings (SSSR count). The lowest BCUT2D eigenvalue weighted by Crippen LogP contribution is -2.36. The van der Waals surface area contributed by atoms with Crippen LogP contribution in [0, 0.1) is 0 Å². The Labute approximate surface area is 142 Å². The number of methoxy groups -OCH3 is 2. The zero-order valence-electron chi connectivity index (χ0n) is 14.6. The van der Waals surface area contributed by atoms with E-state index in [-0.39, 0.29) is 12.1 Å². The monoisotopic (exact) mass is 331 g/mol. The highest BCUT2D eigenvalue weighted by Gasteiger charge is 2.10. The Kier molecular flexibility index (Phi) is 6.12. The summed E-state index contributed by atoms with van der Waals surface area (Å²) in [5, 5.41) is 5.76. The van der Waals surface area contributed by atoms with Gasteiger partial charge >= 0.3 is 6.03 Å². The molecule has 0 spiro atoms. The number of carbonyl (C=O) groups excluding carboxylic acids is 1. The van der Waals surface area contributed by atoms with Gasteiger partial charge in [0.25, 0.3) is 0 Å². The molecule has 0 unspecified atom stereocenters. The van der Waals surface area contributed by atoms with Crippen molar-refractivity contribution in [3.63, 3.8) is 0 Å². The van der Waals surface area contributed by atoms with Crippen molar-refractivity contribution in [2.45, 2.75) is 25.8 Å². The number of carbonyl (C=O) groups is 1. The lowest BCUT2D eigenvalue weighted by atomic mass is 10.1. The Balaban J connectivity index is 1.85. The Morgan fingerprint density at radius 1 is 1.21 bits per heavy atom. The van der Waals surface area contributed by atoms with E-state index in [0.717, 1.165) is 12.8 Å². The van der Waals surface area contributed by atoms with Crippen molar-refractivity contribution in [3.8, 4) is 11.5 Å². The molecule has 0 aliphatic carbocycles. The number of ether oxygens (including phenoxy) is 2. The third kappa shape index (κ3) is 4.68. The number of hydrogen-bond donors (Lipinski definition) is 2. The lowest BCUT2D eigenvalue weighted by Gasteiger charge is -2.16. The molecule has 2 aromatic rings. The minimum atomic E-state index is -0.235. The van der Waals surface area contributed by atoms with Gasteiger partial charge in [0.1, 0.15) is 0 Å². The predicted octanol–water partition coefficient (Wildman–Crippen LogP) is 3.19. The molecule has 2 amide bonds. The van der Waals surface area contributed by atoms with Gasteiger partial charge in [0.05, 0.1) is 14.2 Å². The summed E-state index contributed by atoms with van der Waals surface area (Å²) in [5.74, 6) is 1.20. The van der Waals surface area contributed by atoms with Crippen LogP contribution < -0.4 is 20.1 Å². The number of anilines is 1. The van der Waals surface area contributed by atoms with Crippen LogP contribution in [0.25, 0.3) is 0 Å². The molecule has 6 heteroatoms. The average molecular weight is 331 g/mol. The molecule has 1 aromatic heterocycles. The van der Waals surface area contributed by atoms with Crippen LogP contribution >= 0.6 is 0 Å². The van der Waals surface area contributed by atoms with Crippen LogP contribution in [0.4, 0.5) is 10.5 Å². The molecule has 1 atom stereocenters. The van der Waals surface area contributed by atoms with Crippen LogP contribution in [0.2, 0.25) is 0 Å². The van der Waals surface area contributed by atoms with Gasteiger partial charge in [0, 0.05) is 36.7 Å². The standard InChI is InChI=1S/C18H25N3O3/c1-13(7-9-15-6-5-11-21(15)2)19-18(22)20-14-8-10-16(23-3)17(12-14)24-4/h5-6,8,10-13H,7,9H2,1-4H3,(H2,19,20,22)/t13-/m1/s1. The van der Waals surface area contributed by atoms with Gasteiger partial charge in [-0.1, -0.05) is 0 Å². The number of benzene rings is 1. The topological polar surface area (TPSA) is 64.5 Å². The molecule has 0 fully saturated rings. The number of hydrogen-bond acceptors (Lipinski definition) is 3. The molecule has 0 saturated carbocycles. The number of amides is 2. The molecule has 24 heavy (non-hydrogen) atoms. The molecular weight excluding hydrogens is 306 g/mol. The number of nitrogens with zero attached hydrogens (tertiary/aromatic N) is 1. The highest BCUT2D eigenvalue weighted by molar-refractivity contribution is 5.89. The third-order valence-corrected chi connectivity index (χ3v) is 3.90. The van der Waals surface area contributed by atoms with Gasteiger partial charge in [-0.3, -0.25) is 0 Å². The fourth-order valence-corrected chi connectivity index (χ4v) is 2.50. The third-order valence-electron chi connectivity index (χ3n) is 3.90. The SMILES string of the molecule is COc1ccc(NC(=O)N[C@H](C)CCc2cccn2C)cc1OC. The highest BCUT2D eigenvalue weighted by atomic mass is 16.5. The van der Waals surface area contributed by atoms with E-state index < -0.39 is 0 Å². The zero-order valence-corrected chi connectivity index (χ0v) is 14.6. The van der Waals surface area contributed by atoms with Crippen LogP contribution in [0.5, 0.6) is 11.5 Å². The first-order valence-electron chi connectivity index (χ1n) is 7.93. The van der Waals surface area contributed by atoms with E-state index in [1.807, 2.05) is 26.2 Å². The van der Waals surface area contributed by atoms with E-state index in [1.165, 1.54) is 5.69 Å². The second-order valence-electron chi connectivity index (χ2n) is 5.72. The van der Waals surface area contributed by atoms with E-state index in [9.17, 15) is 4.79 Å². The average Bonchev–Trinajstić information content (AvgIpc) is 2.97. The zero-order chi connectivity index (χ0) is 17.5. The largest absolute Gasteiger partial charge is 0.493 e. The Bertz CT molecular complexity index is 682. The van der Waals surface area contributed by atoms with Crippen molar-refractivity contribution in [2.24, 2.45) is 7.05 Å². The van der Waals surface area contributed by atoms with Crippen molar-refractivity contribution in [3.05, 3.63) is 42.2 Å². The van der Waals surface area contributed by atoms with E-state index >= 15 is 0 Å². The summed E-state index contributed by atoms with van der Waals surface area (Å²) in [6, 6.07) is 9.21. The van der Waals surface area contributed by atoms with Crippen LogP contribution in [0.15, 0.2) is 36.5 Å². The molecule has 0 bridgehead atoms. The quantitative estimate of drug-likeness (QED) is 0.819. The minimum Gasteiger partial charge on any atom is -0.493 e. The van der Waals surface area contributed by atoms with E-state index in [2.05, 4.69) is 21.3 Å². The molecule has 0 radical (unpaired) electrons. The second kappa shape index (κ2) is 8.29. The molecule has 2 N–H and O–H groups in total. The molecule has 0 saturated heterocycles. The molecule has 1 aromatic carbocycles. The summed E-state index contributed by atoms with van der Waals surface area (Å²) in [6.07, 6.45) is 3.82. The number of aromatic nitrogens is 1. The fraction of sp³-hybridized carbons (Fsp3) is 0.389. The maximum atomic E-state index is 12.1. The van der Waals surface area contributed by atoms with Crippen LogP contribution in [-0.4, -0.2) is 30.9 Å². The molecular formula is C18H25N3O3. The maximum absolute atomic E-state index is 12.1. The Hall–Kier alpha value is -2.63. The first kappa shape index (κ1) is 17.7.